The molecule has 1 aliphatic heterocycles. The molecule has 70 valence electrons. The van der Waals surface area contributed by atoms with Crippen molar-refractivity contribution in [2.75, 3.05) is 26.3 Å². The fourth-order valence-electron chi connectivity index (χ4n) is 1.27. The van der Waals surface area contributed by atoms with Crippen LogP contribution >= 0.6 is 0 Å². The lowest BCUT2D eigenvalue weighted by Gasteiger charge is -2.02. The first kappa shape index (κ1) is 9.68. The van der Waals surface area contributed by atoms with Crippen molar-refractivity contribution in [2.45, 2.75) is 25.7 Å². The van der Waals surface area contributed by atoms with Crippen LogP contribution in [0.15, 0.2) is 0 Å². The van der Waals surface area contributed by atoms with E-state index in [1.165, 1.54) is 6.42 Å². The number of hydrogen-bond acceptors (Lipinski definition) is 3. The molecule has 12 heavy (non-hydrogen) atoms. The van der Waals surface area contributed by atoms with Crippen molar-refractivity contribution >= 4 is 5.71 Å². The fraction of sp³-hybridized carbons (Fsp3) is 0.889. The molecule has 0 aromatic carbocycles. The minimum Gasteiger partial charge on any atom is -0.376 e. The van der Waals surface area contributed by atoms with Crippen molar-refractivity contribution in [1.29, 1.82) is 5.41 Å². The van der Waals surface area contributed by atoms with Crippen LogP contribution < -0.4 is 5.32 Å². The Morgan fingerprint density at radius 3 is 2.92 bits per heavy atom. The molecule has 0 radical (unpaired) electrons. The van der Waals surface area contributed by atoms with Crippen LogP contribution in [0.25, 0.3) is 0 Å². The van der Waals surface area contributed by atoms with Crippen molar-refractivity contribution in [3.63, 3.8) is 0 Å². The first-order valence-electron chi connectivity index (χ1n) is 4.74. The topological polar surface area (TPSA) is 45.1 Å². The molecular formula is C9H18N2O. The highest BCUT2D eigenvalue weighted by Gasteiger charge is 1.99. The Morgan fingerprint density at radius 1 is 1.17 bits per heavy atom. The first-order chi connectivity index (χ1) is 5.89. The molecule has 0 aromatic rings. The van der Waals surface area contributed by atoms with Crippen LogP contribution in [-0.4, -0.2) is 32.0 Å². The third-order valence-corrected chi connectivity index (χ3v) is 2.00. The Morgan fingerprint density at radius 2 is 2.00 bits per heavy atom. The summed E-state index contributed by atoms with van der Waals surface area (Å²) < 4.78 is 5.33. The Kier molecular flexibility index (Phi) is 4.95. The molecule has 0 spiro atoms. The molecule has 2 N–H and O–H groups in total. The van der Waals surface area contributed by atoms with Crippen molar-refractivity contribution in [1.82, 2.24) is 5.32 Å². The summed E-state index contributed by atoms with van der Waals surface area (Å²) in [4.78, 5) is 0. The summed E-state index contributed by atoms with van der Waals surface area (Å²) in [5, 5.41) is 10.9. The lowest BCUT2D eigenvalue weighted by molar-refractivity contribution is 0.166. The summed E-state index contributed by atoms with van der Waals surface area (Å²) in [6.45, 7) is 3.49. The monoisotopic (exact) mass is 170 g/mol. The Labute approximate surface area is 74.0 Å². The van der Waals surface area contributed by atoms with E-state index in [9.17, 15) is 0 Å². The lowest BCUT2D eigenvalue weighted by atomic mass is 10.2. The maximum atomic E-state index is 7.51. The average Bonchev–Trinajstić information content (AvgIpc) is 2.11. The molecular weight excluding hydrogens is 152 g/mol. The molecule has 1 aliphatic rings. The van der Waals surface area contributed by atoms with E-state index in [0.717, 1.165) is 44.7 Å². The zero-order valence-corrected chi connectivity index (χ0v) is 7.57. The highest BCUT2D eigenvalue weighted by Crippen LogP contribution is 1.96. The summed E-state index contributed by atoms with van der Waals surface area (Å²) in [6, 6.07) is 0. The first-order valence-corrected chi connectivity index (χ1v) is 4.74. The van der Waals surface area contributed by atoms with Crippen LogP contribution in [0, 0.1) is 5.41 Å². The van der Waals surface area contributed by atoms with Gasteiger partial charge in [0, 0.05) is 12.3 Å². The van der Waals surface area contributed by atoms with Crippen molar-refractivity contribution in [3.05, 3.63) is 0 Å². The third kappa shape index (κ3) is 4.46. The van der Waals surface area contributed by atoms with Crippen LogP contribution in [0.1, 0.15) is 25.7 Å². The van der Waals surface area contributed by atoms with Gasteiger partial charge in [-0.3, -0.25) is 0 Å². The molecule has 0 saturated carbocycles. The summed E-state index contributed by atoms with van der Waals surface area (Å²) in [5.74, 6) is 0. The second-order valence-electron chi connectivity index (χ2n) is 3.22. The lowest BCUT2D eigenvalue weighted by Crippen LogP contribution is -2.17. The van der Waals surface area contributed by atoms with Gasteiger partial charge in [-0.25, -0.2) is 0 Å². The number of nitrogens with one attached hydrogen (secondary N) is 2. The van der Waals surface area contributed by atoms with E-state index >= 15 is 0 Å². The van der Waals surface area contributed by atoms with Crippen LogP contribution in [0.3, 0.4) is 0 Å². The van der Waals surface area contributed by atoms with E-state index in [2.05, 4.69) is 5.32 Å². The summed E-state index contributed by atoms with van der Waals surface area (Å²) in [7, 11) is 0. The van der Waals surface area contributed by atoms with Crippen molar-refractivity contribution in [3.8, 4) is 0 Å². The maximum absolute atomic E-state index is 7.51. The van der Waals surface area contributed by atoms with Gasteiger partial charge in [0.2, 0.25) is 0 Å². The van der Waals surface area contributed by atoms with Crippen LogP contribution in [-0.2, 0) is 4.74 Å². The van der Waals surface area contributed by atoms with Crippen LogP contribution in [0.5, 0.6) is 0 Å². The Hall–Kier alpha value is -0.410. The molecule has 0 amide bonds. The van der Waals surface area contributed by atoms with E-state index in [-0.39, 0.29) is 0 Å². The molecule has 0 aromatic heterocycles. The Bertz CT molecular complexity index is 122. The van der Waals surface area contributed by atoms with E-state index in [4.69, 9.17) is 10.1 Å². The van der Waals surface area contributed by atoms with Gasteiger partial charge in [-0.1, -0.05) is 0 Å². The standard InChI is InChI=1S/C9H18N2O/c10-9-4-3-6-11-5-1-2-7-12-8-9/h10-11H,1-8H2. The van der Waals surface area contributed by atoms with Gasteiger partial charge in [0.25, 0.3) is 0 Å². The van der Waals surface area contributed by atoms with Gasteiger partial charge < -0.3 is 15.5 Å². The highest BCUT2D eigenvalue weighted by molar-refractivity contribution is 5.82. The molecule has 1 saturated heterocycles. The predicted octanol–water partition coefficient (Wildman–Crippen LogP) is 1.19. The molecule has 0 unspecified atom stereocenters. The van der Waals surface area contributed by atoms with Gasteiger partial charge in [0.15, 0.2) is 0 Å². The van der Waals surface area contributed by atoms with Gasteiger partial charge >= 0.3 is 0 Å². The molecule has 0 atom stereocenters. The van der Waals surface area contributed by atoms with Crippen LogP contribution in [0.4, 0.5) is 0 Å². The average molecular weight is 170 g/mol. The zero-order chi connectivity index (χ0) is 8.65. The summed E-state index contributed by atoms with van der Waals surface area (Å²) in [5.41, 5.74) is 0.735. The SMILES string of the molecule is N=C1CCCNCCCCOC1. The second-order valence-corrected chi connectivity index (χ2v) is 3.22. The minimum atomic E-state index is 0.542. The molecule has 3 heteroatoms. The number of ether oxygens (including phenoxy) is 1. The van der Waals surface area contributed by atoms with Gasteiger partial charge in [-0.2, -0.15) is 0 Å². The number of hydrogen-bond donors (Lipinski definition) is 2. The van der Waals surface area contributed by atoms with Gasteiger partial charge in [-0.05, 0) is 38.8 Å². The van der Waals surface area contributed by atoms with Crippen molar-refractivity contribution in [2.24, 2.45) is 0 Å². The van der Waals surface area contributed by atoms with E-state index < -0.39 is 0 Å². The Balaban J connectivity index is 2.17. The summed E-state index contributed by atoms with van der Waals surface area (Å²) >= 11 is 0. The number of rotatable bonds is 0. The molecule has 1 rings (SSSR count). The van der Waals surface area contributed by atoms with E-state index in [1.54, 1.807) is 0 Å². The zero-order valence-electron chi connectivity index (χ0n) is 7.57. The maximum Gasteiger partial charge on any atom is 0.0841 e. The smallest absolute Gasteiger partial charge is 0.0841 e. The highest BCUT2D eigenvalue weighted by atomic mass is 16.5. The van der Waals surface area contributed by atoms with Gasteiger partial charge in [0.1, 0.15) is 0 Å². The molecule has 0 aliphatic carbocycles. The van der Waals surface area contributed by atoms with E-state index in [0.29, 0.717) is 6.61 Å². The molecule has 3 nitrogen and oxygen atoms in total. The fourth-order valence-corrected chi connectivity index (χ4v) is 1.27. The second kappa shape index (κ2) is 6.14. The van der Waals surface area contributed by atoms with E-state index in [1.807, 2.05) is 0 Å². The predicted molar refractivity (Wildman–Crippen MR) is 49.9 cm³/mol. The normalized spacial score (nSPS) is 23.2. The summed E-state index contributed by atoms with van der Waals surface area (Å²) in [6.07, 6.45) is 4.25. The molecule has 1 fully saturated rings. The van der Waals surface area contributed by atoms with Crippen LogP contribution in [0.2, 0.25) is 0 Å². The van der Waals surface area contributed by atoms with Gasteiger partial charge in [0.05, 0.1) is 6.61 Å². The quantitative estimate of drug-likeness (QED) is 0.573. The third-order valence-electron chi connectivity index (χ3n) is 2.00. The minimum absolute atomic E-state index is 0.542. The molecule has 1 heterocycles. The van der Waals surface area contributed by atoms with Gasteiger partial charge in [-0.15, -0.1) is 0 Å². The molecule has 0 bridgehead atoms. The largest absolute Gasteiger partial charge is 0.376 e. The van der Waals surface area contributed by atoms with Crippen molar-refractivity contribution < 1.29 is 4.74 Å².